The highest BCUT2D eigenvalue weighted by molar-refractivity contribution is 6.31. The Balaban J connectivity index is 1.59. The van der Waals surface area contributed by atoms with Gasteiger partial charge in [0.2, 0.25) is 0 Å². The van der Waals surface area contributed by atoms with Crippen molar-refractivity contribution in [3.05, 3.63) is 94.4 Å². The largest absolute Gasteiger partial charge is 0.495 e. The molecule has 162 valence electrons. The second-order valence-electron chi connectivity index (χ2n) is 7.71. The maximum atomic E-state index is 14.9. The van der Waals surface area contributed by atoms with Gasteiger partial charge in [0.25, 0.3) is 0 Å². The summed E-state index contributed by atoms with van der Waals surface area (Å²) in [4.78, 5) is 18.5. The van der Waals surface area contributed by atoms with Crippen LogP contribution in [-0.2, 0) is 6.42 Å². The number of hydrogen-bond donors (Lipinski definition) is 2. The molecule has 0 unspecified atom stereocenters. The number of hydrogen-bond acceptors (Lipinski definition) is 2. The number of H-pyrrole nitrogens is 1. The first-order chi connectivity index (χ1) is 15.6. The molecule has 1 aliphatic heterocycles. The lowest BCUT2D eigenvalue weighted by Gasteiger charge is -2.36. The van der Waals surface area contributed by atoms with E-state index >= 15 is 0 Å². The van der Waals surface area contributed by atoms with E-state index in [0.29, 0.717) is 35.0 Å². The molecule has 3 aromatic carbocycles. The van der Waals surface area contributed by atoms with Crippen molar-refractivity contribution in [1.82, 2.24) is 9.88 Å². The van der Waals surface area contributed by atoms with E-state index in [2.05, 4.69) is 16.4 Å². The van der Waals surface area contributed by atoms with E-state index in [4.69, 9.17) is 16.3 Å². The molecule has 0 aliphatic carbocycles. The monoisotopic (exact) mass is 449 g/mol. The van der Waals surface area contributed by atoms with Crippen molar-refractivity contribution >= 4 is 34.2 Å². The van der Waals surface area contributed by atoms with Crippen molar-refractivity contribution in [2.24, 2.45) is 0 Å². The van der Waals surface area contributed by atoms with E-state index in [-0.39, 0.29) is 11.8 Å². The SMILES string of the molecule is COc1ccc(Cl)cc1NC(=O)N1CCc2c([nH]c3ccccc23)[C@H]1c1ccccc1F. The van der Waals surface area contributed by atoms with Crippen LogP contribution in [0.5, 0.6) is 5.75 Å². The first kappa shape index (κ1) is 20.4. The molecule has 2 heterocycles. The Morgan fingerprint density at radius 1 is 1.16 bits per heavy atom. The third-order valence-corrected chi connectivity index (χ3v) is 6.13. The molecule has 1 aromatic heterocycles. The topological polar surface area (TPSA) is 57.4 Å². The predicted molar refractivity (Wildman–Crippen MR) is 124 cm³/mol. The van der Waals surface area contributed by atoms with Gasteiger partial charge in [0, 0.05) is 33.7 Å². The first-order valence-corrected chi connectivity index (χ1v) is 10.7. The van der Waals surface area contributed by atoms with E-state index in [9.17, 15) is 9.18 Å². The summed E-state index contributed by atoms with van der Waals surface area (Å²) in [5.41, 5.74) is 3.81. The van der Waals surface area contributed by atoms with E-state index in [1.165, 1.54) is 13.2 Å². The van der Waals surface area contributed by atoms with Crippen LogP contribution in [0.3, 0.4) is 0 Å². The van der Waals surface area contributed by atoms with Crippen LogP contribution >= 0.6 is 11.6 Å². The number of nitrogens with zero attached hydrogens (tertiary/aromatic N) is 1. The van der Waals surface area contributed by atoms with Crippen LogP contribution < -0.4 is 10.1 Å². The number of rotatable bonds is 3. The highest BCUT2D eigenvalue weighted by atomic mass is 35.5. The molecule has 1 aliphatic rings. The van der Waals surface area contributed by atoms with Crippen LogP contribution in [0.15, 0.2) is 66.7 Å². The summed E-state index contributed by atoms with van der Waals surface area (Å²) in [5.74, 6) is 0.135. The fourth-order valence-electron chi connectivity index (χ4n) is 4.44. The Hall–Kier alpha value is -3.51. The quantitative estimate of drug-likeness (QED) is 0.394. The van der Waals surface area contributed by atoms with Gasteiger partial charge < -0.3 is 19.9 Å². The molecule has 2 N–H and O–H groups in total. The predicted octanol–water partition coefficient (Wildman–Crippen LogP) is 6.15. The minimum atomic E-state index is -0.600. The number of fused-ring (bicyclic) bond motifs is 3. The van der Waals surface area contributed by atoms with E-state index in [1.54, 1.807) is 41.3 Å². The van der Waals surface area contributed by atoms with Crippen LogP contribution in [0.2, 0.25) is 5.02 Å². The zero-order chi connectivity index (χ0) is 22.2. The van der Waals surface area contributed by atoms with E-state index in [1.807, 2.05) is 18.2 Å². The molecule has 7 heteroatoms. The van der Waals surface area contributed by atoms with E-state index < -0.39 is 6.04 Å². The Morgan fingerprint density at radius 2 is 1.94 bits per heavy atom. The van der Waals surface area contributed by atoms with Crippen LogP contribution in [0, 0.1) is 5.82 Å². The zero-order valence-electron chi connectivity index (χ0n) is 17.4. The van der Waals surface area contributed by atoms with E-state index in [0.717, 1.165) is 22.2 Å². The Bertz CT molecular complexity index is 1320. The molecule has 0 spiro atoms. The number of nitrogens with one attached hydrogen (secondary N) is 2. The van der Waals surface area contributed by atoms with Crippen LogP contribution in [0.25, 0.3) is 10.9 Å². The maximum Gasteiger partial charge on any atom is 0.322 e. The Morgan fingerprint density at radius 3 is 2.75 bits per heavy atom. The molecular formula is C25H21ClFN3O2. The second kappa shape index (κ2) is 8.20. The van der Waals surface area contributed by atoms with Gasteiger partial charge in [-0.2, -0.15) is 0 Å². The van der Waals surface area contributed by atoms with Gasteiger partial charge in [0.1, 0.15) is 17.6 Å². The highest BCUT2D eigenvalue weighted by Crippen LogP contribution is 2.40. The average molecular weight is 450 g/mol. The standard InChI is InChI=1S/C25H21ClFN3O2/c1-32-22-11-10-15(26)14-21(22)29-25(31)30-13-12-17-16-6-3-5-9-20(16)28-23(17)24(30)18-7-2-4-8-19(18)27/h2-11,14,24,28H,12-13H2,1H3,(H,29,31)/t24-/m1/s1. The number of urea groups is 1. The molecular weight excluding hydrogens is 429 g/mol. The Labute approximate surface area is 189 Å². The third-order valence-electron chi connectivity index (χ3n) is 5.90. The number of amides is 2. The molecule has 4 aromatic rings. The van der Waals surface area contributed by atoms with Crippen LogP contribution in [0.4, 0.5) is 14.9 Å². The summed E-state index contributed by atoms with van der Waals surface area (Å²) >= 11 is 6.13. The third kappa shape index (κ3) is 3.46. The normalized spacial score (nSPS) is 15.5. The number of benzene rings is 3. The summed E-state index contributed by atoms with van der Waals surface area (Å²) in [6.07, 6.45) is 0.657. The first-order valence-electron chi connectivity index (χ1n) is 10.3. The molecule has 0 saturated carbocycles. The molecule has 1 atom stereocenters. The van der Waals surface area contributed by atoms with Crippen molar-refractivity contribution in [1.29, 1.82) is 0 Å². The molecule has 0 radical (unpaired) electrons. The number of ether oxygens (including phenoxy) is 1. The fraction of sp³-hybridized carbons (Fsp3) is 0.160. The van der Waals surface area contributed by atoms with Gasteiger partial charge in [-0.3, -0.25) is 0 Å². The number of aromatic amines is 1. The number of methoxy groups -OCH3 is 1. The van der Waals surface area contributed by atoms with Crippen LogP contribution in [0.1, 0.15) is 22.9 Å². The second-order valence-corrected chi connectivity index (χ2v) is 8.14. The number of para-hydroxylation sites is 1. The molecule has 2 amide bonds. The lowest BCUT2D eigenvalue weighted by atomic mass is 9.92. The lowest BCUT2D eigenvalue weighted by molar-refractivity contribution is 0.191. The van der Waals surface area contributed by atoms with Gasteiger partial charge in [0.05, 0.1) is 12.8 Å². The summed E-state index contributed by atoms with van der Waals surface area (Å²) in [7, 11) is 1.53. The molecule has 0 fully saturated rings. The van der Waals surface area contributed by atoms with Gasteiger partial charge in [0.15, 0.2) is 0 Å². The number of halogens is 2. The average Bonchev–Trinajstić information content (AvgIpc) is 3.18. The van der Waals surface area contributed by atoms with Gasteiger partial charge in [-0.25, -0.2) is 9.18 Å². The van der Waals surface area contributed by atoms with Gasteiger partial charge in [-0.15, -0.1) is 0 Å². The summed E-state index contributed by atoms with van der Waals surface area (Å²) < 4.78 is 20.3. The lowest BCUT2D eigenvalue weighted by Crippen LogP contribution is -2.43. The van der Waals surface area contributed by atoms with Gasteiger partial charge in [-0.05, 0) is 42.3 Å². The van der Waals surface area contributed by atoms with Gasteiger partial charge in [-0.1, -0.05) is 48.0 Å². The minimum Gasteiger partial charge on any atom is -0.495 e. The summed E-state index contributed by atoms with van der Waals surface area (Å²) in [5, 5.41) is 4.47. The van der Waals surface area contributed by atoms with Crippen molar-refractivity contribution in [2.45, 2.75) is 12.5 Å². The number of aromatic nitrogens is 1. The van der Waals surface area contributed by atoms with Crippen molar-refractivity contribution in [3.63, 3.8) is 0 Å². The molecule has 0 bridgehead atoms. The van der Waals surface area contributed by atoms with Crippen molar-refractivity contribution < 1.29 is 13.9 Å². The molecule has 5 nitrogen and oxygen atoms in total. The molecule has 5 rings (SSSR count). The number of anilines is 1. The summed E-state index contributed by atoms with van der Waals surface area (Å²) in [6.45, 7) is 0.433. The number of carbonyl (C=O) groups excluding carboxylic acids is 1. The van der Waals surface area contributed by atoms with Crippen molar-refractivity contribution in [2.75, 3.05) is 19.0 Å². The molecule has 0 saturated heterocycles. The minimum absolute atomic E-state index is 0.358. The van der Waals surface area contributed by atoms with Gasteiger partial charge >= 0.3 is 6.03 Å². The zero-order valence-corrected chi connectivity index (χ0v) is 18.1. The van der Waals surface area contributed by atoms with Crippen LogP contribution in [-0.4, -0.2) is 29.6 Å². The molecule has 32 heavy (non-hydrogen) atoms. The highest BCUT2D eigenvalue weighted by Gasteiger charge is 2.36. The smallest absolute Gasteiger partial charge is 0.322 e. The fourth-order valence-corrected chi connectivity index (χ4v) is 4.62. The number of carbonyl (C=O) groups is 1. The Kier molecular flexibility index (Phi) is 5.23. The summed E-state index contributed by atoms with van der Waals surface area (Å²) in [6, 6.07) is 18.6. The maximum absolute atomic E-state index is 14.9. The van der Waals surface area contributed by atoms with Crippen molar-refractivity contribution in [3.8, 4) is 5.75 Å².